The molecule has 0 aromatic heterocycles. The van der Waals surface area contributed by atoms with Gasteiger partial charge in [0, 0.05) is 16.7 Å². The first-order chi connectivity index (χ1) is 6.31. The summed E-state index contributed by atoms with van der Waals surface area (Å²) in [5.41, 5.74) is 4.18. The van der Waals surface area contributed by atoms with E-state index in [1.54, 1.807) is 0 Å². The number of fused-ring (bicyclic) bond motifs is 1. The Hall–Kier alpha value is -0.500. The summed E-state index contributed by atoms with van der Waals surface area (Å²) in [6.07, 6.45) is 3.55. The Balaban J connectivity index is 2.47. The summed E-state index contributed by atoms with van der Waals surface area (Å²) in [5, 5.41) is 3.45. The van der Waals surface area contributed by atoms with Gasteiger partial charge in [-0.15, -0.1) is 0 Å². The van der Waals surface area contributed by atoms with Gasteiger partial charge in [-0.25, -0.2) is 0 Å². The van der Waals surface area contributed by atoms with Gasteiger partial charge in [-0.1, -0.05) is 22.9 Å². The van der Waals surface area contributed by atoms with Crippen LogP contribution in [0.5, 0.6) is 0 Å². The van der Waals surface area contributed by atoms with E-state index in [0.29, 0.717) is 0 Å². The molecule has 13 heavy (non-hydrogen) atoms. The van der Waals surface area contributed by atoms with Crippen LogP contribution in [0.25, 0.3) is 0 Å². The zero-order valence-corrected chi connectivity index (χ0v) is 9.45. The molecule has 1 heterocycles. The second-order valence-corrected chi connectivity index (χ2v) is 4.34. The highest BCUT2D eigenvalue weighted by Gasteiger charge is 2.12. The molecule has 0 saturated carbocycles. The fraction of sp³-hybridized carbons (Fsp3) is 0.455. The summed E-state index contributed by atoms with van der Waals surface area (Å²) >= 11 is 3.63. The quantitative estimate of drug-likeness (QED) is 0.793. The molecule has 0 bridgehead atoms. The van der Waals surface area contributed by atoms with Crippen molar-refractivity contribution in [1.82, 2.24) is 0 Å². The summed E-state index contributed by atoms with van der Waals surface area (Å²) < 4.78 is 1.27. The number of aryl methyl sites for hydroxylation is 1. The maximum atomic E-state index is 3.63. The molecule has 1 nitrogen and oxygen atoms in total. The predicted molar refractivity (Wildman–Crippen MR) is 60.3 cm³/mol. The van der Waals surface area contributed by atoms with Gasteiger partial charge < -0.3 is 5.32 Å². The molecule has 0 aliphatic carbocycles. The normalized spacial score (nSPS) is 14.9. The van der Waals surface area contributed by atoms with E-state index in [1.165, 1.54) is 34.1 Å². The number of halogens is 1. The topological polar surface area (TPSA) is 12.0 Å². The summed E-state index contributed by atoms with van der Waals surface area (Å²) in [6, 6.07) is 4.52. The number of benzene rings is 1. The molecule has 0 saturated heterocycles. The lowest BCUT2D eigenvalue weighted by Crippen LogP contribution is -2.12. The highest BCUT2D eigenvalue weighted by atomic mass is 79.9. The monoisotopic (exact) mass is 239 g/mol. The maximum Gasteiger partial charge on any atom is 0.0386 e. The third kappa shape index (κ3) is 1.73. The van der Waals surface area contributed by atoms with Crippen molar-refractivity contribution in [2.24, 2.45) is 0 Å². The smallest absolute Gasteiger partial charge is 0.0386 e. The average Bonchev–Trinajstić information content (AvgIpc) is 2.18. The molecule has 2 rings (SSSR count). The fourth-order valence-electron chi connectivity index (χ4n) is 1.80. The molecule has 0 spiro atoms. The summed E-state index contributed by atoms with van der Waals surface area (Å²) in [4.78, 5) is 0. The zero-order chi connectivity index (χ0) is 9.26. The molecular formula is C11H14BrN. The second-order valence-electron chi connectivity index (χ2n) is 3.49. The first-order valence-corrected chi connectivity index (χ1v) is 5.65. The molecule has 1 aromatic rings. The van der Waals surface area contributed by atoms with Gasteiger partial charge in [0.2, 0.25) is 0 Å². The van der Waals surface area contributed by atoms with Gasteiger partial charge in [-0.2, -0.15) is 0 Å². The predicted octanol–water partition coefficient (Wildman–Crippen LogP) is 3.37. The molecular weight excluding hydrogens is 226 g/mol. The summed E-state index contributed by atoms with van der Waals surface area (Å²) in [7, 11) is 0. The molecule has 0 fully saturated rings. The highest BCUT2D eigenvalue weighted by Crippen LogP contribution is 2.30. The van der Waals surface area contributed by atoms with Crippen LogP contribution in [0.2, 0.25) is 0 Å². The van der Waals surface area contributed by atoms with Crippen LogP contribution in [0, 0.1) is 0 Å². The summed E-state index contributed by atoms with van der Waals surface area (Å²) in [6.45, 7) is 3.31. The van der Waals surface area contributed by atoms with Crippen molar-refractivity contribution in [2.45, 2.75) is 26.2 Å². The van der Waals surface area contributed by atoms with Crippen LogP contribution in [0.1, 0.15) is 24.5 Å². The second kappa shape index (κ2) is 3.70. The van der Waals surface area contributed by atoms with Crippen LogP contribution >= 0.6 is 15.9 Å². The standard InChI is InChI=1S/C11H14BrN/c1-2-8-6-10(12)9-4-3-5-13-11(9)7-8/h6-7,13H,2-5H2,1H3. The molecule has 2 heteroatoms. The van der Waals surface area contributed by atoms with Gasteiger partial charge in [0.1, 0.15) is 0 Å². The zero-order valence-electron chi connectivity index (χ0n) is 7.86. The fourth-order valence-corrected chi connectivity index (χ4v) is 2.50. The Labute approximate surface area is 87.7 Å². The Bertz CT molecular complexity index is 320. The minimum atomic E-state index is 1.10. The van der Waals surface area contributed by atoms with Crippen molar-refractivity contribution in [3.8, 4) is 0 Å². The third-order valence-corrected chi connectivity index (χ3v) is 3.29. The van der Waals surface area contributed by atoms with Crippen LogP contribution in [0.15, 0.2) is 16.6 Å². The number of nitrogens with one attached hydrogen (secondary N) is 1. The van der Waals surface area contributed by atoms with Crippen LogP contribution < -0.4 is 5.32 Å². The van der Waals surface area contributed by atoms with Crippen LogP contribution in [0.4, 0.5) is 5.69 Å². The van der Waals surface area contributed by atoms with Crippen molar-refractivity contribution in [3.05, 3.63) is 27.7 Å². The van der Waals surface area contributed by atoms with Gasteiger partial charge in [0.15, 0.2) is 0 Å². The van der Waals surface area contributed by atoms with Gasteiger partial charge in [-0.05, 0) is 42.5 Å². The first kappa shape index (κ1) is 9.07. The van der Waals surface area contributed by atoms with E-state index < -0.39 is 0 Å². The number of hydrogen-bond acceptors (Lipinski definition) is 1. The van der Waals surface area contributed by atoms with E-state index in [1.807, 2.05) is 0 Å². The largest absolute Gasteiger partial charge is 0.385 e. The Morgan fingerprint density at radius 1 is 1.46 bits per heavy atom. The minimum absolute atomic E-state index is 1.10. The lowest BCUT2D eigenvalue weighted by Gasteiger charge is -2.20. The Kier molecular flexibility index (Phi) is 2.58. The van der Waals surface area contributed by atoms with Crippen molar-refractivity contribution >= 4 is 21.6 Å². The van der Waals surface area contributed by atoms with Gasteiger partial charge >= 0.3 is 0 Å². The lowest BCUT2D eigenvalue weighted by atomic mass is 10.0. The summed E-state index contributed by atoms with van der Waals surface area (Å²) in [5.74, 6) is 0. The SMILES string of the molecule is CCc1cc(Br)c2c(c1)NCCC2. The molecule has 0 radical (unpaired) electrons. The van der Waals surface area contributed by atoms with E-state index in [4.69, 9.17) is 0 Å². The first-order valence-electron chi connectivity index (χ1n) is 4.86. The maximum absolute atomic E-state index is 3.63. The van der Waals surface area contributed by atoms with Crippen LogP contribution in [-0.4, -0.2) is 6.54 Å². The number of hydrogen-bond donors (Lipinski definition) is 1. The average molecular weight is 240 g/mol. The van der Waals surface area contributed by atoms with E-state index >= 15 is 0 Å². The molecule has 1 aromatic carbocycles. The van der Waals surface area contributed by atoms with Gasteiger partial charge in [0.25, 0.3) is 0 Å². The number of anilines is 1. The van der Waals surface area contributed by atoms with Gasteiger partial charge in [0.05, 0.1) is 0 Å². The molecule has 0 amide bonds. The van der Waals surface area contributed by atoms with Crippen LogP contribution in [-0.2, 0) is 12.8 Å². The number of rotatable bonds is 1. The Morgan fingerprint density at radius 3 is 3.08 bits per heavy atom. The Morgan fingerprint density at radius 2 is 2.31 bits per heavy atom. The van der Waals surface area contributed by atoms with Crippen molar-refractivity contribution in [2.75, 3.05) is 11.9 Å². The van der Waals surface area contributed by atoms with Gasteiger partial charge in [-0.3, -0.25) is 0 Å². The molecule has 1 N–H and O–H groups in total. The minimum Gasteiger partial charge on any atom is -0.385 e. The van der Waals surface area contributed by atoms with Crippen LogP contribution in [0.3, 0.4) is 0 Å². The molecule has 0 atom stereocenters. The molecule has 0 unspecified atom stereocenters. The lowest BCUT2D eigenvalue weighted by molar-refractivity contribution is 0.824. The third-order valence-electron chi connectivity index (χ3n) is 2.58. The van der Waals surface area contributed by atoms with E-state index in [0.717, 1.165) is 13.0 Å². The van der Waals surface area contributed by atoms with E-state index in [9.17, 15) is 0 Å². The highest BCUT2D eigenvalue weighted by molar-refractivity contribution is 9.10. The van der Waals surface area contributed by atoms with Crippen molar-refractivity contribution < 1.29 is 0 Å². The van der Waals surface area contributed by atoms with E-state index in [2.05, 4.69) is 40.3 Å². The molecule has 1 aliphatic rings. The van der Waals surface area contributed by atoms with Crippen molar-refractivity contribution in [1.29, 1.82) is 0 Å². The molecule has 70 valence electrons. The van der Waals surface area contributed by atoms with E-state index in [-0.39, 0.29) is 0 Å². The van der Waals surface area contributed by atoms with Crippen molar-refractivity contribution in [3.63, 3.8) is 0 Å². The molecule has 1 aliphatic heterocycles.